The molecule has 0 radical (unpaired) electrons. The standard InChI is InChI=1S/C8H17N3O3S/c1-6(8(9)10-12)11(2)7-3-4-15(13,14)5-7/h6-7,12H,3-5H2,1-2H3,(H2,9,10). The Kier molecular flexibility index (Phi) is 3.56. The van der Waals surface area contributed by atoms with Crippen LogP contribution in [0.25, 0.3) is 0 Å². The lowest BCUT2D eigenvalue weighted by Gasteiger charge is -2.28. The largest absolute Gasteiger partial charge is 0.409 e. The molecule has 0 amide bonds. The van der Waals surface area contributed by atoms with E-state index in [2.05, 4.69) is 5.16 Å². The van der Waals surface area contributed by atoms with E-state index in [9.17, 15) is 8.42 Å². The summed E-state index contributed by atoms with van der Waals surface area (Å²) in [6, 6.07) is -0.293. The van der Waals surface area contributed by atoms with E-state index < -0.39 is 9.84 Å². The van der Waals surface area contributed by atoms with Crippen LogP contribution in [0.3, 0.4) is 0 Å². The van der Waals surface area contributed by atoms with Crippen molar-refractivity contribution >= 4 is 15.7 Å². The van der Waals surface area contributed by atoms with Crippen LogP contribution in [-0.4, -0.2) is 55.0 Å². The number of rotatable bonds is 3. The maximum absolute atomic E-state index is 11.3. The Morgan fingerprint density at radius 3 is 2.67 bits per heavy atom. The predicted molar refractivity (Wildman–Crippen MR) is 57.7 cm³/mol. The van der Waals surface area contributed by atoms with Gasteiger partial charge in [-0.1, -0.05) is 5.16 Å². The molecule has 2 unspecified atom stereocenters. The molecule has 0 aliphatic carbocycles. The van der Waals surface area contributed by atoms with Gasteiger partial charge in [-0.25, -0.2) is 8.42 Å². The van der Waals surface area contributed by atoms with Crippen LogP contribution in [0.5, 0.6) is 0 Å². The van der Waals surface area contributed by atoms with Crippen molar-refractivity contribution in [3.05, 3.63) is 0 Å². The molecule has 1 heterocycles. The fraction of sp³-hybridized carbons (Fsp3) is 0.875. The second-order valence-corrected chi connectivity index (χ2v) is 6.15. The minimum Gasteiger partial charge on any atom is -0.409 e. The van der Waals surface area contributed by atoms with Gasteiger partial charge in [0.1, 0.15) is 0 Å². The van der Waals surface area contributed by atoms with Gasteiger partial charge in [-0.05, 0) is 20.4 Å². The topological polar surface area (TPSA) is 96.0 Å². The summed E-state index contributed by atoms with van der Waals surface area (Å²) in [5, 5.41) is 11.4. The van der Waals surface area contributed by atoms with Gasteiger partial charge in [0.05, 0.1) is 17.5 Å². The van der Waals surface area contributed by atoms with Crippen molar-refractivity contribution in [1.29, 1.82) is 0 Å². The monoisotopic (exact) mass is 235 g/mol. The first-order valence-corrected chi connectivity index (χ1v) is 6.59. The van der Waals surface area contributed by atoms with E-state index in [1.54, 1.807) is 14.0 Å². The van der Waals surface area contributed by atoms with E-state index in [1.807, 2.05) is 4.90 Å². The molecule has 3 N–H and O–H groups in total. The molecular weight excluding hydrogens is 218 g/mol. The van der Waals surface area contributed by atoms with Crippen LogP contribution in [0.15, 0.2) is 5.16 Å². The van der Waals surface area contributed by atoms with Gasteiger partial charge >= 0.3 is 0 Å². The fourth-order valence-corrected chi connectivity index (χ4v) is 3.49. The van der Waals surface area contributed by atoms with Crippen molar-refractivity contribution in [3.63, 3.8) is 0 Å². The average Bonchev–Trinajstić information content (AvgIpc) is 2.55. The fourth-order valence-electron chi connectivity index (χ4n) is 1.71. The number of amidine groups is 1. The Labute approximate surface area is 89.7 Å². The van der Waals surface area contributed by atoms with Crippen LogP contribution >= 0.6 is 0 Å². The van der Waals surface area contributed by atoms with Gasteiger partial charge in [-0.15, -0.1) is 0 Å². The number of nitrogens with two attached hydrogens (primary N) is 1. The highest BCUT2D eigenvalue weighted by Crippen LogP contribution is 2.18. The molecule has 0 aromatic rings. The minimum absolute atomic E-state index is 0.0368. The number of hydrogen-bond acceptors (Lipinski definition) is 5. The van der Waals surface area contributed by atoms with Crippen LogP contribution in [0, 0.1) is 0 Å². The van der Waals surface area contributed by atoms with Crippen molar-refractivity contribution < 1.29 is 13.6 Å². The molecule has 1 aliphatic heterocycles. The summed E-state index contributed by atoms with van der Waals surface area (Å²) in [6.07, 6.45) is 0.613. The van der Waals surface area contributed by atoms with E-state index in [4.69, 9.17) is 10.9 Å². The zero-order chi connectivity index (χ0) is 11.6. The van der Waals surface area contributed by atoms with E-state index in [0.717, 1.165) is 0 Å². The lowest BCUT2D eigenvalue weighted by Crippen LogP contribution is -2.46. The zero-order valence-electron chi connectivity index (χ0n) is 8.92. The van der Waals surface area contributed by atoms with Crippen LogP contribution < -0.4 is 5.73 Å². The number of likely N-dealkylation sites (N-methyl/N-ethyl adjacent to an activating group) is 1. The lowest BCUT2D eigenvalue weighted by molar-refractivity contribution is 0.233. The molecule has 2 atom stereocenters. The number of hydrogen-bond donors (Lipinski definition) is 2. The molecule has 7 heteroatoms. The minimum atomic E-state index is -2.89. The first-order valence-electron chi connectivity index (χ1n) is 4.77. The summed E-state index contributed by atoms with van der Waals surface area (Å²) in [7, 11) is -1.11. The summed E-state index contributed by atoms with van der Waals surface area (Å²) in [4.78, 5) is 1.83. The molecule has 0 aromatic heterocycles. The van der Waals surface area contributed by atoms with Crippen LogP contribution in [0.4, 0.5) is 0 Å². The van der Waals surface area contributed by atoms with Crippen LogP contribution in [0.2, 0.25) is 0 Å². The Hall–Kier alpha value is -0.820. The molecule has 1 fully saturated rings. The second-order valence-electron chi connectivity index (χ2n) is 3.92. The summed E-state index contributed by atoms with van der Waals surface area (Å²) in [5.41, 5.74) is 5.46. The molecule has 0 aromatic carbocycles. The van der Waals surface area contributed by atoms with Crippen LogP contribution in [-0.2, 0) is 9.84 Å². The Bertz CT molecular complexity index is 352. The zero-order valence-corrected chi connectivity index (χ0v) is 9.74. The SMILES string of the molecule is CC(C(N)=NO)N(C)C1CCS(=O)(=O)C1. The van der Waals surface area contributed by atoms with Crippen molar-refractivity contribution in [2.45, 2.75) is 25.4 Å². The third-order valence-corrected chi connectivity index (χ3v) is 4.69. The summed E-state index contributed by atoms with van der Waals surface area (Å²) in [5.74, 6) is 0.485. The first kappa shape index (κ1) is 12.3. The van der Waals surface area contributed by atoms with E-state index >= 15 is 0 Å². The molecular formula is C8H17N3O3S. The van der Waals surface area contributed by atoms with E-state index in [-0.39, 0.29) is 29.4 Å². The summed E-state index contributed by atoms with van der Waals surface area (Å²) in [6.45, 7) is 1.78. The molecule has 88 valence electrons. The Morgan fingerprint density at radius 2 is 2.27 bits per heavy atom. The van der Waals surface area contributed by atoms with E-state index in [0.29, 0.717) is 6.42 Å². The summed E-state index contributed by atoms with van der Waals surface area (Å²) < 4.78 is 22.5. The number of nitrogens with zero attached hydrogens (tertiary/aromatic N) is 2. The highest BCUT2D eigenvalue weighted by molar-refractivity contribution is 7.91. The number of oxime groups is 1. The summed E-state index contributed by atoms with van der Waals surface area (Å²) >= 11 is 0. The lowest BCUT2D eigenvalue weighted by atomic mass is 10.2. The molecule has 15 heavy (non-hydrogen) atoms. The van der Waals surface area contributed by atoms with Gasteiger partial charge in [0.15, 0.2) is 15.7 Å². The molecule has 1 saturated heterocycles. The van der Waals surface area contributed by atoms with Gasteiger partial charge < -0.3 is 10.9 Å². The van der Waals surface area contributed by atoms with Crippen molar-refractivity contribution in [2.75, 3.05) is 18.6 Å². The van der Waals surface area contributed by atoms with Gasteiger partial charge in [-0.2, -0.15) is 0 Å². The maximum Gasteiger partial charge on any atom is 0.156 e. The molecule has 0 spiro atoms. The molecule has 1 rings (SSSR count). The first-order chi connectivity index (χ1) is 6.87. The quantitative estimate of drug-likeness (QED) is 0.290. The maximum atomic E-state index is 11.3. The molecule has 6 nitrogen and oxygen atoms in total. The predicted octanol–water partition coefficient (Wildman–Crippen LogP) is -0.760. The average molecular weight is 235 g/mol. The molecule has 0 bridgehead atoms. The highest BCUT2D eigenvalue weighted by atomic mass is 32.2. The Morgan fingerprint density at radius 1 is 1.67 bits per heavy atom. The van der Waals surface area contributed by atoms with Crippen molar-refractivity contribution in [2.24, 2.45) is 10.9 Å². The Balaban J connectivity index is 2.67. The van der Waals surface area contributed by atoms with Gasteiger partial charge in [0, 0.05) is 6.04 Å². The molecule has 0 saturated carbocycles. The van der Waals surface area contributed by atoms with Gasteiger partial charge in [-0.3, -0.25) is 4.90 Å². The number of sulfone groups is 1. The van der Waals surface area contributed by atoms with Crippen LogP contribution in [0.1, 0.15) is 13.3 Å². The third-order valence-electron chi connectivity index (χ3n) is 2.94. The van der Waals surface area contributed by atoms with Crippen molar-refractivity contribution in [1.82, 2.24) is 4.90 Å². The van der Waals surface area contributed by atoms with Gasteiger partial charge in [0.25, 0.3) is 0 Å². The normalized spacial score (nSPS) is 28.2. The smallest absolute Gasteiger partial charge is 0.156 e. The van der Waals surface area contributed by atoms with Crippen molar-refractivity contribution in [3.8, 4) is 0 Å². The van der Waals surface area contributed by atoms with E-state index in [1.165, 1.54) is 0 Å². The second kappa shape index (κ2) is 4.36. The third kappa shape index (κ3) is 2.82. The van der Waals surface area contributed by atoms with Gasteiger partial charge in [0.2, 0.25) is 0 Å². The highest BCUT2D eigenvalue weighted by Gasteiger charge is 2.33. The molecule has 1 aliphatic rings.